The van der Waals surface area contributed by atoms with Crippen molar-refractivity contribution >= 4 is 35.2 Å². The van der Waals surface area contributed by atoms with E-state index in [1.807, 2.05) is 37.3 Å². The molecule has 0 aliphatic carbocycles. The lowest BCUT2D eigenvalue weighted by atomic mass is 10.1. The number of rotatable bonds is 5. The van der Waals surface area contributed by atoms with E-state index in [2.05, 4.69) is 10.6 Å². The van der Waals surface area contributed by atoms with Crippen LogP contribution in [-0.2, 0) is 4.79 Å². The number of hydrogen-bond acceptors (Lipinski definition) is 2. The minimum atomic E-state index is -0.435. The van der Waals surface area contributed by atoms with Gasteiger partial charge in [-0.1, -0.05) is 60.1 Å². The van der Waals surface area contributed by atoms with Crippen LogP contribution in [0, 0.1) is 6.92 Å². The van der Waals surface area contributed by atoms with Gasteiger partial charge in [-0.25, -0.2) is 0 Å². The van der Waals surface area contributed by atoms with Gasteiger partial charge in [0.15, 0.2) is 0 Å². The van der Waals surface area contributed by atoms with Crippen molar-refractivity contribution in [2.75, 3.05) is 5.32 Å². The van der Waals surface area contributed by atoms with Crippen LogP contribution in [0.4, 0.5) is 5.69 Å². The molecular weight excluding hydrogens is 372 g/mol. The van der Waals surface area contributed by atoms with Gasteiger partial charge in [-0.3, -0.25) is 9.59 Å². The van der Waals surface area contributed by atoms with Crippen molar-refractivity contribution in [2.24, 2.45) is 0 Å². The number of amides is 2. The lowest BCUT2D eigenvalue weighted by molar-refractivity contribution is -0.113. The molecular formula is C23H19ClN2O2. The fourth-order valence-corrected chi connectivity index (χ4v) is 2.80. The Labute approximate surface area is 168 Å². The molecule has 0 saturated heterocycles. The monoisotopic (exact) mass is 390 g/mol. The van der Waals surface area contributed by atoms with Gasteiger partial charge in [0.05, 0.1) is 0 Å². The summed E-state index contributed by atoms with van der Waals surface area (Å²) in [4.78, 5) is 25.4. The second-order valence-corrected chi connectivity index (χ2v) is 6.63. The zero-order chi connectivity index (χ0) is 19.9. The van der Waals surface area contributed by atoms with E-state index in [-0.39, 0.29) is 11.6 Å². The van der Waals surface area contributed by atoms with Gasteiger partial charge in [0.25, 0.3) is 11.8 Å². The molecule has 0 aliphatic heterocycles. The summed E-state index contributed by atoms with van der Waals surface area (Å²) in [6.07, 6.45) is 1.56. The summed E-state index contributed by atoms with van der Waals surface area (Å²) < 4.78 is 0. The molecule has 2 N–H and O–H groups in total. The third kappa shape index (κ3) is 5.09. The first-order chi connectivity index (χ1) is 13.5. The molecule has 0 spiro atoms. The summed E-state index contributed by atoms with van der Waals surface area (Å²) in [6, 6.07) is 23.3. The molecule has 0 fully saturated rings. The number of hydrogen-bond donors (Lipinski definition) is 2. The van der Waals surface area contributed by atoms with Gasteiger partial charge in [0.1, 0.15) is 5.70 Å². The highest BCUT2D eigenvalue weighted by atomic mass is 35.5. The molecule has 3 aromatic carbocycles. The quantitative estimate of drug-likeness (QED) is 0.598. The molecule has 3 rings (SSSR count). The van der Waals surface area contributed by atoms with E-state index in [0.717, 1.165) is 5.56 Å². The average Bonchev–Trinajstić information content (AvgIpc) is 2.69. The number of benzene rings is 3. The number of anilines is 1. The lowest BCUT2D eigenvalue weighted by Gasteiger charge is -2.12. The van der Waals surface area contributed by atoms with E-state index in [1.165, 1.54) is 0 Å². The second kappa shape index (κ2) is 9.02. The van der Waals surface area contributed by atoms with Crippen LogP contribution in [0.15, 0.2) is 84.6 Å². The van der Waals surface area contributed by atoms with Crippen molar-refractivity contribution in [3.63, 3.8) is 0 Å². The Balaban J connectivity index is 1.91. The molecule has 3 aromatic rings. The molecule has 0 heterocycles. The largest absolute Gasteiger partial charge is 0.321 e. The van der Waals surface area contributed by atoms with Gasteiger partial charge in [-0.2, -0.15) is 0 Å². The Kier molecular flexibility index (Phi) is 6.25. The van der Waals surface area contributed by atoms with Crippen LogP contribution < -0.4 is 10.6 Å². The van der Waals surface area contributed by atoms with Crippen LogP contribution in [0.25, 0.3) is 6.08 Å². The Morgan fingerprint density at radius 1 is 0.893 bits per heavy atom. The minimum absolute atomic E-state index is 0.100. The Hall–Kier alpha value is -3.37. The first kappa shape index (κ1) is 19.4. The van der Waals surface area contributed by atoms with E-state index >= 15 is 0 Å². The molecule has 140 valence electrons. The van der Waals surface area contributed by atoms with Gasteiger partial charge in [0.2, 0.25) is 0 Å². The van der Waals surface area contributed by atoms with E-state index in [1.54, 1.807) is 54.6 Å². The molecule has 4 nitrogen and oxygen atoms in total. The fraction of sp³-hybridized carbons (Fsp3) is 0.0435. The average molecular weight is 391 g/mol. The van der Waals surface area contributed by atoms with E-state index < -0.39 is 5.91 Å². The van der Waals surface area contributed by atoms with Gasteiger partial charge in [-0.15, -0.1) is 0 Å². The Bertz CT molecular complexity index is 1030. The van der Waals surface area contributed by atoms with Crippen molar-refractivity contribution in [1.29, 1.82) is 0 Å². The van der Waals surface area contributed by atoms with Crippen LogP contribution in [0.3, 0.4) is 0 Å². The Morgan fingerprint density at radius 3 is 2.32 bits per heavy atom. The number of carbonyl (C=O) groups excluding carboxylic acids is 2. The molecule has 0 unspecified atom stereocenters. The van der Waals surface area contributed by atoms with Crippen molar-refractivity contribution in [2.45, 2.75) is 6.92 Å². The van der Waals surface area contributed by atoms with Gasteiger partial charge in [-0.05, 0) is 54.5 Å². The highest BCUT2D eigenvalue weighted by molar-refractivity contribution is 6.32. The molecule has 0 saturated carbocycles. The van der Waals surface area contributed by atoms with Crippen LogP contribution >= 0.6 is 11.6 Å². The number of nitrogens with one attached hydrogen (secondary N) is 2. The predicted octanol–water partition coefficient (Wildman–Crippen LogP) is 5.06. The molecule has 0 aromatic heterocycles. The van der Waals surface area contributed by atoms with Crippen LogP contribution in [0.2, 0.25) is 5.02 Å². The number of aryl methyl sites for hydroxylation is 1. The van der Waals surface area contributed by atoms with Crippen molar-refractivity contribution < 1.29 is 9.59 Å². The van der Waals surface area contributed by atoms with Crippen molar-refractivity contribution in [3.05, 3.63) is 106 Å². The molecule has 0 bridgehead atoms. The normalized spacial score (nSPS) is 11.0. The highest BCUT2D eigenvalue weighted by Gasteiger charge is 2.15. The van der Waals surface area contributed by atoms with Crippen molar-refractivity contribution in [3.8, 4) is 0 Å². The van der Waals surface area contributed by atoms with E-state index in [0.29, 0.717) is 21.8 Å². The maximum Gasteiger partial charge on any atom is 0.272 e. The standard InChI is InChI=1S/C23H19ClN2O2/c1-16-8-7-12-19(14-16)25-23(28)21(15-18-11-5-6-13-20(18)24)26-22(27)17-9-3-2-4-10-17/h2-15H,1H3,(H,25,28)(H,26,27)/b21-15-. The summed E-state index contributed by atoms with van der Waals surface area (Å²) in [6.45, 7) is 1.94. The van der Waals surface area contributed by atoms with Crippen LogP contribution in [0.5, 0.6) is 0 Å². The minimum Gasteiger partial charge on any atom is -0.321 e. The molecule has 5 heteroatoms. The van der Waals surface area contributed by atoms with Gasteiger partial charge < -0.3 is 10.6 Å². The SMILES string of the molecule is Cc1cccc(NC(=O)/C(=C/c2ccccc2Cl)NC(=O)c2ccccc2)c1. The highest BCUT2D eigenvalue weighted by Crippen LogP contribution is 2.19. The zero-order valence-electron chi connectivity index (χ0n) is 15.3. The predicted molar refractivity (Wildman–Crippen MR) is 113 cm³/mol. The number of halogens is 1. The molecule has 28 heavy (non-hydrogen) atoms. The Morgan fingerprint density at radius 2 is 1.61 bits per heavy atom. The second-order valence-electron chi connectivity index (χ2n) is 6.22. The first-order valence-electron chi connectivity index (χ1n) is 8.73. The lowest BCUT2D eigenvalue weighted by Crippen LogP contribution is -2.30. The number of carbonyl (C=O) groups is 2. The van der Waals surface area contributed by atoms with Crippen molar-refractivity contribution in [1.82, 2.24) is 5.32 Å². The third-order valence-corrected chi connectivity index (χ3v) is 4.35. The third-order valence-electron chi connectivity index (χ3n) is 4.01. The van der Waals surface area contributed by atoms with E-state index in [9.17, 15) is 9.59 Å². The first-order valence-corrected chi connectivity index (χ1v) is 9.11. The van der Waals surface area contributed by atoms with Gasteiger partial charge >= 0.3 is 0 Å². The fourth-order valence-electron chi connectivity index (χ4n) is 2.61. The van der Waals surface area contributed by atoms with Crippen LogP contribution in [0.1, 0.15) is 21.5 Å². The van der Waals surface area contributed by atoms with Gasteiger partial charge in [0, 0.05) is 16.3 Å². The molecule has 2 amide bonds. The molecule has 0 atom stereocenters. The van der Waals surface area contributed by atoms with E-state index in [4.69, 9.17) is 11.6 Å². The summed E-state index contributed by atoms with van der Waals surface area (Å²) in [7, 11) is 0. The smallest absolute Gasteiger partial charge is 0.272 e. The maximum absolute atomic E-state index is 12.9. The summed E-state index contributed by atoms with van der Waals surface area (Å²) in [5.74, 6) is -0.812. The summed E-state index contributed by atoms with van der Waals surface area (Å²) in [5.41, 5.74) is 2.85. The summed E-state index contributed by atoms with van der Waals surface area (Å²) in [5, 5.41) is 5.99. The molecule has 0 aliphatic rings. The zero-order valence-corrected chi connectivity index (χ0v) is 16.0. The summed E-state index contributed by atoms with van der Waals surface area (Å²) >= 11 is 6.22. The van der Waals surface area contributed by atoms with Crippen LogP contribution in [-0.4, -0.2) is 11.8 Å². The topological polar surface area (TPSA) is 58.2 Å². The maximum atomic E-state index is 12.9. The molecule has 0 radical (unpaired) electrons.